The lowest BCUT2D eigenvalue weighted by Gasteiger charge is -2.20. The molecule has 0 heterocycles. The largest absolute Gasteiger partial charge is 0.466 e. The van der Waals surface area contributed by atoms with Gasteiger partial charge in [0.25, 0.3) is 0 Å². The molecule has 0 aromatic carbocycles. The summed E-state index contributed by atoms with van der Waals surface area (Å²) in [7, 11) is 0. The number of hydrogen-bond donors (Lipinski definition) is 3. The van der Waals surface area contributed by atoms with E-state index in [0.29, 0.717) is 19.4 Å². The van der Waals surface area contributed by atoms with Crippen molar-refractivity contribution in [1.29, 1.82) is 0 Å². The third-order valence-corrected chi connectivity index (χ3v) is 14.7. The molecule has 0 saturated carbocycles. The predicted molar refractivity (Wildman–Crippen MR) is 306 cm³/mol. The lowest BCUT2D eigenvalue weighted by Crippen LogP contribution is -2.45. The van der Waals surface area contributed by atoms with Crippen molar-refractivity contribution < 1.29 is 24.5 Å². The molecule has 0 radical (unpaired) electrons. The van der Waals surface area contributed by atoms with Crippen molar-refractivity contribution in [3.63, 3.8) is 0 Å². The van der Waals surface area contributed by atoms with Gasteiger partial charge >= 0.3 is 5.97 Å². The van der Waals surface area contributed by atoms with Gasteiger partial charge in [-0.05, 0) is 57.8 Å². The summed E-state index contributed by atoms with van der Waals surface area (Å²) in [6, 6.07) is -0.638. The number of aliphatic hydroxyl groups is 2. The lowest BCUT2D eigenvalue weighted by molar-refractivity contribution is -0.143. The minimum Gasteiger partial charge on any atom is -0.466 e. The summed E-state index contributed by atoms with van der Waals surface area (Å²) >= 11 is 0. The van der Waals surface area contributed by atoms with Gasteiger partial charge < -0.3 is 20.3 Å². The fourth-order valence-electron chi connectivity index (χ4n) is 9.87. The normalized spacial score (nSPS) is 12.7. The molecule has 0 aliphatic rings. The van der Waals surface area contributed by atoms with E-state index in [0.717, 1.165) is 57.8 Å². The van der Waals surface area contributed by atoms with E-state index in [4.69, 9.17) is 4.74 Å². The zero-order valence-corrected chi connectivity index (χ0v) is 47.3. The summed E-state index contributed by atoms with van der Waals surface area (Å²) in [5.74, 6) is -0.0733. The topological polar surface area (TPSA) is 95.9 Å². The minimum absolute atomic E-state index is 0.00611. The molecular formula is C64H123NO5. The number of aliphatic hydroxyl groups excluding tert-OH is 2. The number of nitrogens with one attached hydrogen (secondary N) is 1. The maximum Gasteiger partial charge on any atom is 0.305 e. The van der Waals surface area contributed by atoms with Gasteiger partial charge in [-0.25, -0.2) is 0 Å². The van der Waals surface area contributed by atoms with Gasteiger partial charge in [0, 0.05) is 12.8 Å². The SMILES string of the molecule is CCCCCCCCCCCCCCCCCCC/C=C/C(O)C(CO)NC(=O)CCCCCCC/C=C\CCCCCCCCCCCOC(=O)CCCCCCCCCCCCCCCCCC. The van der Waals surface area contributed by atoms with Crippen molar-refractivity contribution in [3.8, 4) is 0 Å². The van der Waals surface area contributed by atoms with E-state index in [1.165, 1.54) is 263 Å². The molecule has 2 unspecified atom stereocenters. The first kappa shape index (κ1) is 68.3. The smallest absolute Gasteiger partial charge is 0.305 e. The molecular weight excluding hydrogens is 863 g/mol. The summed E-state index contributed by atoms with van der Waals surface area (Å²) in [5.41, 5.74) is 0. The van der Waals surface area contributed by atoms with E-state index in [-0.39, 0.29) is 18.5 Å². The third-order valence-electron chi connectivity index (χ3n) is 14.7. The zero-order chi connectivity index (χ0) is 50.7. The van der Waals surface area contributed by atoms with Gasteiger partial charge in [-0.1, -0.05) is 301 Å². The van der Waals surface area contributed by atoms with Crippen LogP contribution in [0, 0.1) is 0 Å². The van der Waals surface area contributed by atoms with Crippen molar-refractivity contribution in [1.82, 2.24) is 5.32 Å². The van der Waals surface area contributed by atoms with Crippen molar-refractivity contribution in [2.75, 3.05) is 13.2 Å². The molecule has 0 spiro atoms. The second-order valence-corrected chi connectivity index (χ2v) is 21.7. The van der Waals surface area contributed by atoms with Crippen LogP contribution >= 0.6 is 0 Å². The molecule has 2 atom stereocenters. The van der Waals surface area contributed by atoms with Crippen molar-refractivity contribution in [2.24, 2.45) is 0 Å². The van der Waals surface area contributed by atoms with Crippen molar-refractivity contribution in [3.05, 3.63) is 24.3 Å². The summed E-state index contributed by atoms with van der Waals surface area (Å²) < 4.78 is 5.49. The Bertz CT molecular complexity index is 1090. The molecule has 1 amide bonds. The number of carbonyl (C=O) groups is 2. The summed E-state index contributed by atoms with van der Waals surface area (Å²) in [6.07, 6.45) is 73.6. The Morgan fingerprint density at radius 3 is 1.01 bits per heavy atom. The van der Waals surface area contributed by atoms with Gasteiger partial charge in [0.2, 0.25) is 5.91 Å². The maximum absolute atomic E-state index is 12.5. The molecule has 0 rings (SSSR count). The van der Waals surface area contributed by atoms with Crippen LogP contribution in [0.2, 0.25) is 0 Å². The highest BCUT2D eigenvalue weighted by Crippen LogP contribution is 2.18. The van der Waals surface area contributed by atoms with E-state index >= 15 is 0 Å². The van der Waals surface area contributed by atoms with Crippen LogP contribution in [0.1, 0.15) is 348 Å². The van der Waals surface area contributed by atoms with Crippen molar-refractivity contribution in [2.45, 2.75) is 360 Å². The summed E-state index contributed by atoms with van der Waals surface area (Å²) in [6.45, 7) is 4.92. The van der Waals surface area contributed by atoms with Gasteiger partial charge in [0.05, 0.1) is 25.4 Å². The fraction of sp³-hybridized carbons (Fsp3) is 0.906. The average Bonchev–Trinajstić information content (AvgIpc) is 3.36. The van der Waals surface area contributed by atoms with Crippen LogP contribution in [-0.4, -0.2) is 47.4 Å². The monoisotopic (exact) mass is 986 g/mol. The Balaban J connectivity index is 3.46. The van der Waals surface area contributed by atoms with E-state index in [9.17, 15) is 19.8 Å². The van der Waals surface area contributed by atoms with Crippen LogP contribution in [0.3, 0.4) is 0 Å². The standard InChI is InChI=1S/C64H123NO5/c1-3-5-7-9-11-13-15-17-19-21-22-25-28-32-36-40-44-48-52-56-62(67)61(60-66)65-63(68)57-53-49-45-41-37-33-29-26-23-24-27-31-35-39-43-47-51-55-59-70-64(69)58-54-50-46-42-38-34-30-20-18-16-14-12-10-8-6-4-2/h26,29,52,56,61-62,66-67H,3-25,27-28,30-51,53-55,57-60H2,1-2H3,(H,65,68)/b29-26-,56-52+. The van der Waals surface area contributed by atoms with Crippen LogP contribution in [0.25, 0.3) is 0 Å². The van der Waals surface area contributed by atoms with Crippen LogP contribution in [0.15, 0.2) is 24.3 Å². The van der Waals surface area contributed by atoms with E-state index in [1.807, 2.05) is 6.08 Å². The molecule has 0 aliphatic carbocycles. The van der Waals surface area contributed by atoms with Gasteiger partial charge in [-0.15, -0.1) is 0 Å². The number of ether oxygens (including phenoxy) is 1. The number of rotatable bonds is 59. The highest BCUT2D eigenvalue weighted by atomic mass is 16.5. The molecule has 0 aromatic rings. The zero-order valence-electron chi connectivity index (χ0n) is 47.3. The second-order valence-electron chi connectivity index (χ2n) is 21.7. The molecule has 0 aliphatic heterocycles. The first-order valence-corrected chi connectivity index (χ1v) is 31.6. The Morgan fingerprint density at radius 2 is 0.671 bits per heavy atom. The number of unbranched alkanes of at least 4 members (excludes halogenated alkanes) is 46. The summed E-state index contributed by atoms with van der Waals surface area (Å²) in [4.78, 5) is 24.6. The number of hydrogen-bond acceptors (Lipinski definition) is 5. The molecule has 0 aromatic heterocycles. The summed E-state index contributed by atoms with van der Waals surface area (Å²) in [5, 5.41) is 23.2. The Labute approximate surface area is 437 Å². The number of amides is 1. The Hall–Kier alpha value is -1.66. The number of esters is 1. The van der Waals surface area contributed by atoms with Gasteiger partial charge in [-0.3, -0.25) is 9.59 Å². The predicted octanol–water partition coefficient (Wildman–Crippen LogP) is 19.8. The van der Waals surface area contributed by atoms with Crippen LogP contribution in [-0.2, 0) is 14.3 Å². The Kier molecular flexibility index (Phi) is 58.5. The molecule has 0 fully saturated rings. The van der Waals surface area contributed by atoms with Gasteiger partial charge in [-0.2, -0.15) is 0 Å². The number of carbonyl (C=O) groups excluding carboxylic acids is 2. The highest BCUT2D eigenvalue weighted by molar-refractivity contribution is 5.76. The molecule has 70 heavy (non-hydrogen) atoms. The van der Waals surface area contributed by atoms with E-state index in [1.54, 1.807) is 6.08 Å². The quantitative estimate of drug-likeness (QED) is 0.0321. The fourth-order valence-corrected chi connectivity index (χ4v) is 9.87. The number of allylic oxidation sites excluding steroid dienone is 3. The second kappa shape index (κ2) is 59.9. The maximum atomic E-state index is 12.5. The molecule has 414 valence electrons. The molecule has 6 nitrogen and oxygen atoms in total. The minimum atomic E-state index is -0.853. The molecule has 0 saturated heterocycles. The lowest BCUT2D eigenvalue weighted by atomic mass is 10.0. The third kappa shape index (κ3) is 55.7. The van der Waals surface area contributed by atoms with Gasteiger partial charge in [0.15, 0.2) is 0 Å². The first-order valence-electron chi connectivity index (χ1n) is 31.6. The molecule has 0 bridgehead atoms. The van der Waals surface area contributed by atoms with E-state index < -0.39 is 12.1 Å². The Morgan fingerprint density at radius 1 is 0.386 bits per heavy atom. The first-order chi connectivity index (χ1) is 34.5. The van der Waals surface area contributed by atoms with E-state index in [2.05, 4.69) is 31.3 Å². The van der Waals surface area contributed by atoms with Crippen molar-refractivity contribution >= 4 is 11.9 Å². The van der Waals surface area contributed by atoms with Crippen LogP contribution in [0.5, 0.6) is 0 Å². The van der Waals surface area contributed by atoms with Crippen LogP contribution in [0.4, 0.5) is 0 Å². The van der Waals surface area contributed by atoms with Crippen LogP contribution < -0.4 is 5.32 Å². The molecule has 3 N–H and O–H groups in total. The molecule has 6 heteroatoms. The van der Waals surface area contributed by atoms with Gasteiger partial charge in [0.1, 0.15) is 0 Å². The highest BCUT2D eigenvalue weighted by Gasteiger charge is 2.18. The average molecular weight is 987 g/mol.